The van der Waals surface area contributed by atoms with E-state index in [4.69, 9.17) is 4.74 Å². The lowest BCUT2D eigenvalue weighted by Gasteiger charge is -2.27. The lowest BCUT2D eigenvalue weighted by atomic mass is 9.98. The number of benzene rings is 1. The summed E-state index contributed by atoms with van der Waals surface area (Å²) in [6.45, 7) is 9.74. The van der Waals surface area contributed by atoms with Crippen molar-refractivity contribution in [3.63, 3.8) is 0 Å². The summed E-state index contributed by atoms with van der Waals surface area (Å²) in [6.07, 6.45) is 7.70. The van der Waals surface area contributed by atoms with E-state index in [1.807, 2.05) is 25.3 Å². The molecule has 10 nitrogen and oxygen atoms in total. The summed E-state index contributed by atoms with van der Waals surface area (Å²) >= 11 is 0. The van der Waals surface area contributed by atoms with E-state index in [0.717, 1.165) is 67.2 Å². The van der Waals surface area contributed by atoms with Gasteiger partial charge in [0.15, 0.2) is 5.69 Å². The average molecular weight is 501 g/mol. The molecule has 1 aromatic carbocycles. The van der Waals surface area contributed by atoms with Gasteiger partial charge in [-0.15, -0.1) is 5.10 Å². The molecule has 37 heavy (non-hydrogen) atoms. The summed E-state index contributed by atoms with van der Waals surface area (Å²) in [5.41, 5.74) is 6.58. The number of hydrogen-bond donors (Lipinski definition) is 1. The SMILES string of the molecule is CC(C)(C)n1cc(C(=O)NCc2ccc(-c3ncnn4cc(N5CCOCC5)cc34)cc2C2CC2)nn1. The zero-order valence-corrected chi connectivity index (χ0v) is 21.5. The first-order valence-electron chi connectivity index (χ1n) is 12.9. The Kier molecular flexibility index (Phi) is 5.91. The van der Waals surface area contributed by atoms with Crippen LogP contribution in [0.3, 0.4) is 0 Å². The van der Waals surface area contributed by atoms with E-state index in [1.54, 1.807) is 17.2 Å². The first-order valence-corrected chi connectivity index (χ1v) is 12.9. The number of carbonyl (C=O) groups is 1. The molecule has 10 heteroatoms. The molecule has 1 amide bonds. The quantitative estimate of drug-likeness (QED) is 0.433. The second-order valence-corrected chi connectivity index (χ2v) is 10.8. The van der Waals surface area contributed by atoms with E-state index >= 15 is 0 Å². The largest absolute Gasteiger partial charge is 0.378 e. The normalized spacial score (nSPS) is 16.4. The van der Waals surface area contributed by atoms with Crippen molar-refractivity contribution in [2.75, 3.05) is 31.2 Å². The summed E-state index contributed by atoms with van der Waals surface area (Å²) in [7, 11) is 0. The molecular weight excluding hydrogens is 468 g/mol. The highest BCUT2D eigenvalue weighted by atomic mass is 16.5. The molecular formula is C27H32N8O2. The third kappa shape index (κ3) is 4.81. The lowest BCUT2D eigenvalue weighted by Crippen LogP contribution is -2.35. The van der Waals surface area contributed by atoms with Gasteiger partial charge in [-0.25, -0.2) is 14.2 Å². The predicted molar refractivity (Wildman–Crippen MR) is 140 cm³/mol. The van der Waals surface area contributed by atoms with Gasteiger partial charge in [0.25, 0.3) is 5.91 Å². The van der Waals surface area contributed by atoms with Gasteiger partial charge < -0.3 is 15.0 Å². The van der Waals surface area contributed by atoms with Gasteiger partial charge in [0.05, 0.1) is 48.0 Å². The first-order chi connectivity index (χ1) is 17.9. The molecule has 3 aromatic heterocycles. The standard InChI is InChI=1S/C27H32N8O2/c1-27(2,3)35-16-23(31-32-35)26(36)28-14-20-7-6-19(12-22(20)18-4-5-18)25-24-13-21(15-34(24)30-17-29-25)33-8-10-37-11-9-33/h6-7,12-13,15-18H,4-5,8-11,14H2,1-3H3,(H,28,36). The van der Waals surface area contributed by atoms with Crippen molar-refractivity contribution in [1.82, 2.24) is 34.9 Å². The summed E-state index contributed by atoms with van der Waals surface area (Å²) in [4.78, 5) is 19.7. The monoisotopic (exact) mass is 500 g/mol. The second kappa shape index (κ2) is 9.26. The lowest BCUT2D eigenvalue weighted by molar-refractivity contribution is 0.0945. The first kappa shape index (κ1) is 23.6. The Bertz CT molecular complexity index is 1440. The minimum Gasteiger partial charge on any atom is -0.378 e. The zero-order valence-electron chi connectivity index (χ0n) is 21.5. The van der Waals surface area contributed by atoms with Crippen molar-refractivity contribution < 1.29 is 9.53 Å². The third-order valence-corrected chi connectivity index (χ3v) is 7.06. The molecule has 0 unspecified atom stereocenters. The summed E-state index contributed by atoms with van der Waals surface area (Å²) < 4.78 is 9.12. The Hall–Kier alpha value is -3.79. The minimum absolute atomic E-state index is 0.220. The maximum atomic E-state index is 12.8. The van der Waals surface area contributed by atoms with Crippen LogP contribution in [0.25, 0.3) is 16.8 Å². The molecule has 1 N–H and O–H groups in total. The number of ether oxygens (including phenoxy) is 1. The number of amides is 1. The van der Waals surface area contributed by atoms with E-state index in [1.165, 1.54) is 5.56 Å². The van der Waals surface area contributed by atoms with Gasteiger partial charge in [-0.1, -0.05) is 17.3 Å². The fourth-order valence-electron chi connectivity index (χ4n) is 4.77. The number of aromatic nitrogens is 6. The smallest absolute Gasteiger partial charge is 0.273 e. The molecule has 1 aliphatic carbocycles. The highest BCUT2D eigenvalue weighted by Crippen LogP contribution is 2.43. The van der Waals surface area contributed by atoms with Gasteiger partial charge in [0.1, 0.15) is 6.33 Å². The van der Waals surface area contributed by atoms with Gasteiger partial charge in [0.2, 0.25) is 0 Å². The molecule has 4 aromatic rings. The topological polar surface area (TPSA) is 102 Å². The van der Waals surface area contributed by atoms with Gasteiger partial charge >= 0.3 is 0 Å². The summed E-state index contributed by atoms with van der Waals surface area (Å²) in [5.74, 6) is 0.296. The van der Waals surface area contributed by atoms with Gasteiger partial charge in [-0.05, 0) is 62.8 Å². The van der Waals surface area contributed by atoms with Gasteiger partial charge in [0, 0.05) is 25.2 Å². The van der Waals surface area contributed by atoms with Crippen LogP contribution in [0, 0.1) is 0 Å². The van der Waals surface area contributed by atoms with Crippen LogP contribution in [-0.2, 0) is 16.8 Å². The Balaban J connectivity index is 1.25. The van der Waals surface area contributed by atoms with E-state index in [-0.39, 0.29) is 11.4 Å². The molecule has 0 spiro atoms. The van der Waals surface area contributed by atoms with Crippen LogP contribution in [0.1, 0.15) is 61.1 Å². The maximum absolute atomic E-state index is 12.8. The Morgan fingerprint density at radius 2 is 1.95 bits per heavy atom. The number of carbonyl (C=O) groups excluding carboxylic acids is 1. The molecule has 6 rings (SSSR count). The van der Waals surface area contributed by atoms with Crippen molar-refractivity contribution in [3.05, 3.63) is 59.8 Å². The second-order valence-electron chi connectivity index (χ2n) is 10.8. The van der Waals surface area contributed by atoms with Crippen molar-refractivity contribution in [2.45, 2.75) is 51.6 Å². The van der Waals surface area contributed by atoms with Crippen LogP contribution in [0.15, 0.2) is 43.0 Å². The molecule has 0 atom stereocenters. The fourth-order valence-corrected chi connectivity index (χ4v) is 4.77. The molecule has 1 saturated heterocycles. The number of anilines is 1. The molecule has 0 radical (unpaired) electrons. The molecule has 0 bridgehead atoms. The molecule has 1 aliphatic heterocycles. The Morgan fingerprint density at radius 1 is 1.14 bits per heavy atom. The van der Waals surface area contributed by atoms with E-state index in [2.05, 4.69) is 61.1 Å². The Labute approximate surface area is 215 Å². The van der Waals surface area contributed by atoms with E-state index in [0.29, 0.717) is 18.2 Å². The number of fused-ring (bicyclic) bond motifs is 1. The van der Waals surface area contributed by atoms with Crippen LogP contribution in [0.4, 0.5) is 5.69 Å². The fraction of sp³-hybridized carbons (Fsp3) is 0.444. The molecule has 2 aliphatic rings. The van der Waals surface area contributed by atoms with E-state index in [9.17, 15) is 4.79 Å². The van der Waals surface area contributed by atoms with Crippen LogP contribution in [0.5, 0.6) is 0 Å². The van der Waals surface area contributed by atoms with Crippen molar-refractivity contribution in [1.29, 1.82) is 0 Å². The van der Waals surface area contributed by atoms with Crippen LogP contribution < -0.4 is 10.2 Å². The van der Waals surface area contributed by atoms with Crippen LogP contribution in [-0.4, -0.2) is 61.8 Å². The van der Waals surface area contributed by atoms with Crippen molar-refractivity contribution in [3.8, 4) is 11.3 Å². The highest BCUT2D eigenvalue weighted by Gasteiger charge is 2.27. The predicted octanol–water partition coefficient (Wildman–Crippen LogP) is 3.39. The maximum Gasteiger partial charge on any atom is 0.273 e. The molecule has 2 fully saturated rings. The van der Waals surface area contributed by atoms with Crippen molar-refractivity contribution >= 4 is 17.1 Å². The minimum atomic E-state index is -0.226. The number of rotatable bonds is 6. The highest BCUT2D eigenvalue weighted by molar-refractivity contribution is 5.91. The number of hydrogen-bond acceptors (Lipinski definition) is 7. The average Bonchev–Trinajstić information content (AvgIpc) is 3.43. The van der Waals surface area contributed by atoms with Crippen molar-refractivity contribution in [2.24, 2.45) is 0 Å². The third-order valence-electron chi connectivity index (χ3n) is 7.06. The number of morpholine rings is 1. The molecule has 1 saturated carbocycles. The Morgan fingerprint density at radius 3 is 2.68 bits per heavy atom. The van der Waals surface area contributed by atoms with E-state index < -0.39 is 0 Å². The number of nitrogens with zero attached hydrogens (tertiary/aromatic N) is 7. The summed E-state index contributed by atoms with van der Waals surface area (Å²) in [6, 6.07) is 8.60. The van der Waals surface area contributed by atoms with Crippen LogP contribution >= 0.6 is 0 Å². The van der Waals surface area contributed by atoms with Gasteiger partial charge in [-0.3, -0.25) is 4.79 Å². The van der Waals surface area contributed by atoms with Crippen LogP contribution in [0.2, 0.25) is 0 Å². The van der Waals surface area contributed by atoms with Gasteiger partial charge in [-0.2, -0.15) is 5.10 Å². The molecule has 4 heterocycles. The zero-order chi connectivity index (χ0) is 25.6. The summed E-state index contributed by atoms with van der Waals surface area (Å²) in [5, 5.41) is 15.6. The molecule has 192 valence electrons. The number of nitrogens with one attached hydrogen (secondary N) is 1.